The summed E-state index contributed by atoms with van der Waals surface area (Å²) in [4.78, 5) is 0. The van der Waals surface area contributed by atoms with Crippen LogP contribution >= 0.6 is 11.6 Å². The van der Waals surface area contributed by atoms with Crippen molar-refractivity contribution in [2.24, 2.45) is 0 Å². The van der Waals surface area contributed by atoms with Crippen molar-refractivity contribution < 1.29 is 13.5 Å². The molecular formula is C10H16ClF2N3O. The van der Waals surface area contributed by atoms with Gasteiger partial charge in [-0.3, -0.25) is 0 Å². The van der Waals surface area contributed by atoms with Crippen molar-refractivity contribution in [3.05, 3.63) is 11.6 Å². The summed E-state index contributed by atoms with van der Waals surface area (Å²) < 4.78 is 30.4. The molecule has 0 saturated heterocycles. The molecule has 0 amide bonds. The van der Waals surface area contributed by atoms with E-state index in [1.165, 1.54) is 0 Å². The number of hydrogen-bond acceptors (Lipinski definition) is 3. The van der Waals surface area contributed by atoms with E-state index in [0.717, 1.165) is 18.8 Å². The molecule has 0 aliphatic carbocycles. The van der Waals surface area contributed by atoms with E-state index in [0.29, 0.717) is 18.1 Å². The number of aromatic nitrogens is 3. The minimum atomic E-state index is -2.43. The standard InChI is InChI=1S/C10H16ClF2N3O/c1-2-4-16-9(14-15-10(16)6-11)3-5-17-7-8(12)13/h8H,2-7H2,1H3. The molecule has 0 aliphatic heterocycles. The van der Waals surface area contributed by atoms with Crippen molar-refractivity contribution in [3.8, 4) is 0 Å². The van der Waals surface area contributed by atoms with E-state index < -0.39 is 13.0 Å². The van der Waals surface area contributed by atoms with Crippen LogP contribution in [-0.2, 0) is 23.6 Å². The molecule has 0 spiro atoms. The van der Waals surface area contributed by atoms with Crippen LogP contribution < -0.4 is 0 Å². The Labute approximate surface area is 104 Å². The largest absolute Gasteiger partial charge is 0.375 e. The first-order chi connectivity index (χ1) is 8.19. The Morgan fingerprint density at radius 2 is 2.06 bits per heavy atom. The molecule has 0 N–H and O–H groups in total. The van der Waals surface area contributed by atoms with Crippen LogP contribution in [0.2, 0.25) is 0 Å². The molecule has 1 aromatic rings. The first-order valence-electron chi connectivity index (χ1n) is 5.51. The fourth-order valence-electron chi connectivity index (χ4n) is 1.47. The Hall–Kier alpha value is -0.750. The summed E-state index contributed by atoms with van der Waals surface area (Å²) in [5, 5.41) is 7.93. The van der Waals surface area contributed by atoms with Crippen molar-refractivity contribution in [2.75, 3.05) is 13.2 Å². The van der Waals surface area contributed by atoms with E-state index in [9.17, 15) is 8.78 Å². The van der Waals surface area contributed by atoms with Gasteiger partial charge in [-0.2, -0.15) is 0 Å². The normalized spacial score (nSPS) is 11.4. The highest BCUT2D eigenvalue weighted by Gasteiger charge is 2.10. The summed E-state index contributed by atoms with van der Waals surface area (Å²) in [6.45, 7) is 2.49. The summed E-state index contributed by atoms with van der Waals surface area (Å²) in [5.74, 6) is 1.74. The lowest BCUT2D eigenvalue weighted by Gasteiger charge is -2.07. The van der Waals surface area contributed by atoms with E-state index in [1.807, 2.05) is 11.5 Å². The van der Waals surface area contributed by atoms with Crippen LogP contribution in [0.15, 0.2) is 0 Å². The number of nitrogens with zero attached hydrogens (tertiary/aromatic N) is 3. The van der Waals surface area contributed by atoms with Crippen molar-refractivity contribution in [3.63, 3.8) is 0 Å². The molecule has 98 valence electrons. The smallest absolute Gasteiger partial charge is 0.261 e. The molecule has 1 rings (SSSR count). The quantitative estimate of drug-likeness (QED) is 0.536. The zero-order chi connectivity index (χ0) is 12.7. The van der Waals surface area contributed by atoms with Gasteiger partial charge < -0.3 is 9.30 Å². The van der Waals surface area contributed by atoms with Crippen molar-refractivity contribution in [2.45, 2.75) is 38.6 Å². The third kappa shape index (κ3) is 4.55. The lowest BCUT2D eigenvalue weighted by Crippen LogP contribution is -2.11. The summed E-state index contributed by atoms with van der Waals surface area (Å²) >= 11 is 5.73. The van der Waals surface area contributed by atoms with Crippen LogP contribution in [0.4, 0.5) is 8.78 Å². The van der Waals surface area contributed by atoms with Crippen molar-refractivity contribution in [1.82, 2.24) is 14.8 Å². The summed E-state index contributed by atoms with van der Waals surface area (Å²) in [7, 11) is 0. The maximum Gasteiger partial charge on any atom is 0.261 e. The average molecular weight is 268 g/mol. The Morgan fingerprint density at radius 3 is 2.65 bits per heavy atom. The molecule has 0 unspecified atom stereocenters. The predicted molar refractivity (Wildman–Crippen MR) is 60.4 cm³/mol. The molecule has 7 heteroatoms. The first kappa shape index (κ1) is 14.3. The topological polar surface area (TPSA) is 39.9 Å². The number of alkyl halides is 3. The molecule has 0 aromatic carbocycles. The fraction of sp³-hybridized carbons (Fsp3) is 0.800. The number of halogens is 3. The van der Waals surface area contributed by atoms with Gasteiger partial charge in [0.2, 0.25) is 0 Å². The van der Waals surface area contributed by atoms with Crippen LogP contribution in [0, 0.1) is 0 Å². The summed E-state index contributed by atoms with van der Waals surface area (Å²) in [5.41, 5.74) is 0. The maximum atomic E-state index is 11.8. The Morgan fingerprint density at radius 1 is 1.35 bits per heavy atom. The SMILES string of the molecule is CCCn1c(CCl)nnc1CCOCC(F)F. The summed E-state index contributed by atoms with van der Waals surface area (Å²) in [6.07, 6.45) is -1.02. The molecule has 0 radical (unpaired) electrons. The van der Waals surface area contributed by atoms with Crippen LogP contribution in [0.1, 0.15) is 25.0 Å². The first-order valence-corrected chi connectivity index (χ1v) is 6.05. The lowest BCUT2D eigenvalue weighted by atomic mass is 10.4. The second-order valence-corrected chi connectivity index (χ2v) is 3.80. The molecule has 0 fully saturated rings. The molecule has 1 aromatic heterocycles. The van der Waals surface area contributed by atoms with Gasteiger partial charge in [0, 0.05) is 13.0 Å². The molecule has 0 bridgehead atoms. The van der Waals surface area contributed by atoms with E-state index in [-0.39, 0.29) is 6.61 Å². The van der Waals surface area contributed by atoms with Gasteiger partial charge in [0.25, 0.3) is 6.43 Å². The van der Waals surface area contributed by atoms with Crippen LogP contribution in [0.3, 0.4) is 0 Å². The minimum absolute atomic E-state index is 0.217. The predicted octanol–water partition coefficient (Wildman–Crippen LogP) is 2.25. The Bertz CT molecular complexity index is 333. The molecule has 0 saturated carbocycles. The molecule has 17 heavy (non-hydrogen) atoms. The molecular weight excluding hydrogens is 252 g/mol. The highest BCUT2D eigenvalue weighted by molar-refractivity contribution is 6.16. The van der Waals surface area contributed by atoms with Crippen LogP contribution in [0.5, 0.6) is 0 Å². The molecule has 1 heterocycles. The Balaban J connectivity index is 2.49. The third-order valence-electron chi connectivity index (χ3n) is 2.18. The second-order valence-electron chi connectivity index (χ2n) is 3.53. The highest BCUT2D eigenvalue weighted by Crippen LogP contribution is 2.07. The second kappa shape index (κ2) is 7.55. The highest BCUT2D eigenvalue weighted by atomic mass is 35.5. The van der Waals surface area contributed by atoms with Gasteiger partial charge in [-0.05, 0) is 6.42 Å². The van der Waals surface area contributed by atoms with Gasteiger partial charge >= 0.3 is 0 Å². The zero-order valence-electron chi connectivity index (χ0n) is 9.70. The van der Waals surface area contributed by atoms with Crippen LogP contribution in [-0.4, -0.2) is 34.4 Å². The maximum absolute atomic E-state index is 11.8. The third-order valence-corrected chi connectivity index (χ3v) is 2.42. The average Bonchev–Trinajstić information content (AvgIpc) is 2.67. The molecule has 0 atom stereocenters. The van der Waals surface area contributed by atoms with E-state index in [4.69, 9.17) is 16.3 Å². The Kier molecular flexibility index (Phi) is 6.36. The van der Waals surface area contributed by atoms with Gasteiger partial charge in [-0.1, -0.05) is 6.92 Å². The number of hydrogen-bond donors (Lipinski definition) is 0. The lowest BCUT2D eigenvalue weighted by molar-refractivity contribution is 0.0181. The van der Waals surface area contributed by atoms with E-state index >= 15 is 0 Å². The molecule has 0 aliphatic rings. The van der Waals surface area contributed by atoms with Gasteiger partial charge in [0.1, 0.15) is 18.3 Å². The minimum Gasteiger partial charge on any atom is -0.375 e. The number of rotatable bonds is 8. The zero-order valence-corrected chi connectivity index (χ0v) is 10.5. The van der Waals surface area contributed by atoms with Gasteiger partial charge in [-0.25, -0.2) is 8.78 Å². The number of ether oxygens (including phenoxy) is 1. The van der Waals surface area contributed by atoms with Crippen molar-refractivity contribution >= 4 is 11.6 Å². The fourth-order valence-corrected chi connectivity index (χ4v) is 1.67. The van der Waals surface area contributed by atoms with Crippen molar-refractivity contribution in [1.29, 1.82) is 0 Å². The van der Waals surface area contributed by atoms with Gasteiger partial charge in [-0.15, -0.1) is 21.8 Å². The van der Waals surface area contributed by atoms with Crippen LogP contribution in [0.25, 0.3) is 0 Å². The van der Waals surface area contributed by atoms with Gasteiger partial charge in [0.05, 0.1) is 12.5 Å². The van der Waals surface area contributed by atoms with E-state index in [1.54, 1.807) is 0 Å². The molecule has 4 nitrogen and oxygen atoms in total. The summed E-state index contributed by atoms with van der Waals surface area (Å²) in [6, 6.07) is 0. The monoisotopic (exact) mass is 267 g/mol. The van der Waals surface area contributed by atoms with E-state index in [2.05, 4.69) is 10.2 Å². The van der Waals surface area contributed by atoms with Gasteiger partial charge in [0.15, 0.2) is 0 Å².